The molecule has 4 rings (SSSR count). The maximum absolute atomic E-state index is 13.0. The predicted octanol–water partition coefficient (Wildman–Crippen LogP) is 2.46. The number of aromatic nitrogens is 5. The highest BCUT2D eigenvalue weighted by molar-refractivity contribution is 5.99. The van der Waals surface area contributed by atoms with E-state index in [4.69, 9.17) is 15.2 Å². The number of hydrogen-bond acceptors (Lipinski definition) is 10. The van der Waals surface area contributed by atoms with Gasteiger partial charge in [0.05, 0.1) is 19.4 Å². The quantitative estimate of drug-likeness (QED) is 0.282. The summed E-state index contributed by atoms with van der Waals surface area (Å²) in [6.07, 6.45) is 1.51. The number of nitrogen functional groups attached to an aromatic ring is 1. The van der Waals surface area contributed by atoms with Crippen molar-refractivity contribution in [2.75, 3.05) is 18.9 Å². The van der Waals surface area contributed by atoms with Gasteiger partial charge in [0, 0.05) is 5.56 Å². The Bertz CT molecular complexity index is 1300. The fourth-order valence-corrected chi connectivity index (χ4v) is 3.11. The summed E-state index contributed by atoms with van der Waals surface area (Å²) in [5.74, 6) is 0.869. The van der Waals surface area contributed by atoms with Gasteiger partial charge in [0.2, 0.25) is 11.6 Å². The van der Waals surface area contributed by atoms with Crippen molar-refractivity contribution in [2.45, 2.75) is 13.8 Å². The highest BCUT2D eigenvalue weighted by Gasteiger charge is 2.25. The summed E-state index contributed by atoms with van der Waals surface area (Å²) in [5, 5.41) is 19.4. The van der Waals surface area contributed by atoms with Gasteiger partial charge in [-0.3, -0.25) is 4.79 Å². The van der Waals surface area contributed by atoms with Gasteiger partial charge in [-0.2, -0.15) is 9.78 Å². The number of nitrogens with zero attached hydrogens (tertiary/aromatic N) is 6. The third-order valence-electron chi connectivity index (χ3n) is 4.57. The second-order valence-electron chi connectivity index (χ2n) is 6.83. The van der Waals surface area contributed by atoms with Crippen molar-refractivity contribution < 1.29 is 18.9 Å². The predicted molar refractivity (Wildman–Crippen MR) is 123 cm³/mol. The minimum Gasteiger partial charge on any atom is -0.494 e. The molecular weight excluding hydrogens is 440 g/mol. The molecule has 0 aliphatic carbocycles. The molecule has 12 heteroatoms. The van der Waals surface area contributed by atoms with E-state index in [1.165, 1.54) is 10.9 Å². The van der Waals surface area contributed by atoms with Crippen LogP contribution in [0.4, 0.5) is 5.82 Å². The molecule has 1 amide bonds. The first-order valence-corrected chi connectivity index (χ1v) is 10.4. The van der Waals surface area contributed by atoms with Crippen LogP contribution in [0, 0.1) is 0 Å². The number of hydrogen-bond donors (Lipinski definition) is 2. The van der Waals surface area contributed by atoms with Gasteiger partial charge in [-0.15, -0.1) is 5.10 Å². The Morgan fingerprint density at radius 1 is 1.12 bits per heavy atom. The van der Waals surface area contributed by atoms with E-state index in [0.29, 0.717) is 30.2 Å². The molecule has 0 fully saturated rings. The van der Waals surface area contributed by atoms with Crippen LogP contribution in [0.5, 0.6) is 11.5 Å². The molecule has 0 bridgehead atoms. The molecule has 2 heterocycles. The SMILES string of the molecule is CCOc1ccc(/C=N\NC(=O)c2nnn(-c3nonc3N)c2-c2cccc(OCC)c2)cc1. The van der Waals surface area contributed by atoms with Crippen molar-refractivity contribution in [2.24, 2.45) is 5.10 Å². The molecular formula is C22H22N8O4. The summed E-state index contributed by atoms with van der Waals surface area (Å²) < 4.78 is 17.0. The number of rotatable bonds is 9. The molecule has 0 radical (unpaired) electrons. The lowest BCUT2D eigenvalue weighted by molar-refractivity contribution is 0.0950. The number of carbonyl (C=O) groups is 1. The average molecular weight is 462 g/mol. The standard InChI is InChI=1S/C22H22N8O4/c1-3-32-16-10-8-14(9-11-16)13-24-26-22(31)18-19(15-6-5-7-17(12-15)33-4-2)30(29-25-18)21-20(23)27-34-28-21/h5-13H,3-4H2,1-2H3,(H2,23,27)(H,26,31)/b24-13-. The van der Waals surface area contributed by atoms with E-state index in [1.807, 2.05) is 38.1 Å². The number of carbonyl (C=O) groups excluding carboxylic acids is 1. The number of nitrogens with two attached hydrogens (primary N) is 1. The van der Waals surface area contributed by atoms with Crippen molar-refractivity contribution in [3.05, 3.63) is 59.8 Å². The minimum absolute atomic E-state index is 0.0000998. The summed E-state index contributed by atoms with van der Waals surface area (Å²) in [5.41, 5.74) is 10.0. The van der Waals surface area contributed by atoms with Crippen LogP contribution in [-0.2, 0) is 0 Å². The van der Waals surface area contributed by atoms with Crippen LogP contribution in [0.15, 0.2) is 58.3 Å². The lowest BCUT2D eigenvalue weighted by atomic mass is 10.1. The van der Waals surface area contributed by atoms with E-state index >= 15 is 0 Å². The van der Waals surface area contributed by atoms with Crippen LogP contribution in [0.1, 0.15) is 29.9 Å². The second-order valence-corrected chi connectivity index (χ2v) is 6.83. The Kier molecular flexibility index (Phi) is 6.77. The highest BCUT2D eigenvalue weighted by Crippen LogP contribution is 2.29. The van der Waals surface area contributed by atoms with Gasteiger partial charge >= 0.3 is 0 Å². The fourth-order valence-electron chi connectivity index (χ4n) is 3.11. The van der Waals surface area contributed by atoms with Crippen molar-refractivity contribution in [1.29, 1.82) is 0 Å². The van der Waals surface area contributed by atoms with Crippen molar-refractivity contribution in [3.63, 3.8) is 0 Å². The van der Waals surface area contributed by atoms with Crippen molar-refractivity contribution in [3.8, 4) is 28.6 Å². The lowest BCUT2D eigenvalue weighted by Crippen LogP contribution is -2.19. The molecule has 2 aromatic carbocycles. The Hall–Kier alpha value is -4.74. The first kappa shape index (κ1) is 22.5. The van der Waals surface area contributed by atoms with Crippen LogP contribution in [-0.4, -0.2) is 50.6 Å². The van der Waals surface area contributed by atoms with Gasteiger partial charge in [-0.1, -0.05) is 17.3 Å². The van der Waals surface area contributed by atoms with Gasteiger partial charge in [0.15, 0.2) is 5.69 Å². The summed E-state index contributed by atoms with van der Waals surface area (Å²) >= 11 is 0. The maximum atomic E-state index is 13.0. The lowest BCUT2D eigenvalue weighted by Gasteiger charge is -2.08. The minimum atomic E-state index is -0.583. The molecule has 0 spiro atoms. The van der Waals surface area contributed by atoms with E-state index in [0.717, 1.165) is 11.3 Å². The third kappa shape index (κ3) is 4.85. The van der Waals surface area contributed by atoms with Crippen LogP contribution in [0.25, 0.3) is 17.1 Å². The van der Waals surface area contributed by atoms with Crippen LogP contribution in [0.2, 0.25) is 0 Å². The smallest absolute Gasteiger partial charge is 0.294 e. The normalized spacial score (nSPS) is 11.0. The molecule has 3 N–H and O–H groups in total. The molecule has 174 valence electrons. The largest absolute Gasteiger partial charge is 0.494 e. The second kappa shape index (κ2) is 10.3. The average Bonchev–Trinajstić information content (AvgIpc) is 3.47. The van der Waals surface area contributed by atoms with Crippen LogP contribution >= 0.6 is 0 Å². The van der Waals surface area contributed by atoms with Gasteiger partial charge < -0.3 is 15.2 Å². The van der Waals surface area contributed by atoms with Crippen molar-refractivity contribution >= 4 is 17.9 Å². The van der Waals surface area contributed by atoms with Crippen molar-refractivity contribution in [1.82, 2.24) is 30.7 Å². The van der Waals surface area contributed by atoms with Crippen LogP contribution in [0.3, 0.4) is 0 Å². The van der Waals surface area contributed by atoms with E-state index in [1.54, 1.807) is 24.3 Å². The van der Waals surface area contributed by atoms with E-state index in [9.17, 15) is 4.79 Å². The zero-order valence-corrected chi connectivity index (χ0v) is 18.5. The number of anilines is 1. The van der Waals surface area contributed by atoms with Crippen LogP contribution < -0.4 is 20.6 Å². The van der Waals surface area contributed by atoms with Gasteiger partial charge in [0.1, 0.15) is 17.2 Å². The number of ether oxygens (including phenoxy) is 2. The topological polar surface area (TPSA) is 156 Å². The zero-order chi connectivity index (χ0) is 23.9. The van der Waals surface area contributed by atoms with E-state index in [-0.39, 0.29) is 17.3 Å². The third-order valence-corrected chi connectivity index (χ3v) is 4.57. The number of benzene rings is 2. The Morgan fingerprint density at radius 2 is 1.88 bits per heavy atom. The fraction of sp³-hybridized carbons (Fsp3) is 0.182. The Balaban J connectivity index is 1.63. The Morgan fingerprint density at radius 3 is 2.59 bits per heavy atom. The van der Waals surface area contributed by atoms with Gasteiger partial charge in [0.25, 0.3) is 5.91 Å². The monoisotopic (exact) mass is 462 g/mol. The molecule has 0 saturated carbocycles. The molecule has 4 aromatic rings. The van der Waals surface area contributed by atoms with Gasteiger partial charge in [-0.05, 0) is 66.1 Å². The zero-order valence-electron chi connectivity index (χ0n) is 18.5. The molecule has 0 saturated heterocycles. The summed E-state index contributed by atoms with van der Waals surface area (Å²) in [7, 11) is 0. The maximum Gasteiger partial charge on any atom is 0.294 e. The van der Waals surface area contributed by atoms with E-state index < -0.39 is 5.91 Å². The molecule has 12 nitrogen and oxygen atoms in total. The molecule has 0 aliphatic heterocycles. The molecule has 2 aromatic heterocycles. The Labute approximate surface area is 194 Å². The van der Waals surface area contributed by atoms with Gasteiger partial charge in [-0.25, -0.2) is 10.1 Å². The van der Waals surface area contributed by atoms with E-state index in [2.05, 4.69) is 35.8 Å². The first-order chi connectivity index (χ1) is 16.6. The number of amides is 1. The number of hydrazone groups is 1. The molecule has 0 atom stereocenters. The summed E-state index contributed by atoms with van der Waals surface area (Å²) in [6.45, 7) is 4.85. The summed E-state index contributed by atoms with van der Waals surface area (Å²) in [6, 6.07) is 14.4. The summed E-state index contributed by atoms with van der Waals surface area (Å²) in [4.78, 5) is 13.0. The first-order valence-electron chi connectivity index (χ1n) is 10.4. The molecule has 0 unspecified atom stereocenters. The molecule has 34 heavy (non-hydrogen) atoms. The highest BCUT2D eigenvalue weighted by atomic mass is 16.6. The molecule has 0 aliphatic rings. The number of nitrogens with one attached hydrogen (secondary N) is 1.